The zero-order chi connectivity index (χ0) is 13.7. The smallest absolute Gasteiger partial charge is 0.229 e. The number of hydrogen-bond donors (Lipinski definition) is 2. The summed E-state index contributed by atoms with van der Waals surface area (Å²) in [7, 11) is 0. The Bertz CT molecular complexity index is 510. The normalized spacial score (nSPS) is 13.8. The second-order valence-corrected chi connectivity index (χ2v) is 5.42. The Labute approximate surface area is 117 Å². The van der Waals surface area contributed by atoms with Gasteiger partial charge in [0.25, 0.3) is 0 Å². The molecule has 2 aromatic rings. The Kier molecular flexibility index (Phi) is 4.71. The zero-order valence-electron chi connectivity index (χ0n) is 10.9. The molecule has 1 unspecified atom stereocenters. The van der Waals surface area contributed by atoms with Gasteiger partial charge in [-0.05, 0) is 23.9 Å². The van der Waals surface area contributed by atoms with Gasteiger partial charge in [0.05, 0.1) is 12.0 Å². The molecule has 2 atom stereocenters. The molecule has 100 valence electrons. The molecular formula is C15H18N2OS. The van der Waals surface area contributed by atoms with E-state index in [2.05, 4.69) is 5.32 Å². The average Bonchev–Trinajstić information content (AvgIpc) is 2.94. The molecule has 0 fully saturated rings. The lowest BCUT2D eigenvalue weighted by molar-refractivity contribution is -0.123. The number of nitrogens with two attached hydrogens (primary N) is 1. The zero-order valence-corrected chi connectivity index (χ0v) is 11.7. The van der Waals surface area contributed by atoms with E-state index in [1.165, 1.54) is 0 Å². The maximum Gasteiger partial charge on any atom is 0.229 e. The Balaban J connectivity index is 2.06. The molecular weight excluding hydrogens is 256 g/mol. The Morgan fingerprint density at radius 2 is 2.00 bits per heavy atom. The van der Waals surface area contributed by atoms with E-state index in [1.807, 2.05) is 54.8 Å². The van der Waals surface area contributed by atoms with Gasteiger partial charge in [0.1, 0.15) is 0 Å². The van der Waals surface area contributed by atoms with Crippen molar-refractivity contribution in [2.24, 2.45) is 5.73 Å². The number of amides is 1. The highest BCUT2D eigenvalue weighted by Crippen LogP contribution is 2.20. The van der Waals surface area contributed by atoms with Gasteiger partial charge in [0.2, 0.25) is 5.91 Å². The van der Waals surface area contributed by atoms with Gasteiger partial charge in [-0.2, -0.15) is 0 Å². The van der Waals surface area contributed by atoms with Crippen molar-refractivity contribution in [1.29, 1.82) is 0 Å². The molecule has 3 N–H and O–H groups in total. The van der Waals surface area contributed by atoms with Crippen LogP contribution in [0.4, 0.5) is 0 Å². The molecule has 1 amide bonds. The Hall–Kier alpha value is -1.65. The summed E-state index contributed by atoms with van der Waals surface area (Å²) in [5, 5.41) is 5.03. The fourth-order valence-electron chi connectivity index (χ4n) is 2.00. The van der Waals surface area contributed by atoms with Gasteiger partial charge >= 0.3 is 0 Å². The number of nitrogens with one attached hydrogen (secondary N) is 1. The van der Waals surface area contributed by atoms with Gasteiger partial charge in [-0.3, -0.25) is 4.79 Å². The van der Waals surface area contributed by atoms with Crippen LogP contribution in [0, 0.1) is 0 Å². The highest BCUT2D eigenvalue weighted by atomic mass is 32.1. The van der Waals surface area contributed by atoms with Crippen LogP contribution in [-0.2, 0) is 4.79 Å². The van der Waals surface area contributed by atoms with E-state index in [0.29, 0.717) is 6.54 Å². The summed E-state index contributed by atoms with van der Waals surface area (Å²) in [5.41, 5.74) is 6.70. The van der Waals surface area contributed by atoms with Crippen LogP contribution in [0.3, 0.4) is 0 Å². The molecule has 1 heterocycles. The van der Waals surface area contributed by atoms with Crippen LogP contribution in [0.15, 0.2) is 47.8 Å². The molecule has 2 rings (SSSR count). The standard InChI is InChI=1S/C15H18N2OS/c1-11(14-8-5-9-19-14)17-15(18)13(10-16)12-6-3-2-4-7-12/h2-9,11,13H,10,16H2,1H3,(H,17,18)/t11-,13?/m1/s1. The number of carbonyl (C=O) groups is 1. The van der Waals surface area contributed by atoms with Gasteiger partial charge in [-0.1, -0.05) is 36.4 Å². The molecule has 3 nitrogen and oxygen atoms in total. The molecule has 0 aliphatic carbocycles. The Morgan fingerprint density at radius 3 is 2.58 bits per heavy atom. The maximum absolute atomic E-state index is 12.3. The monoisotopic (exact) mass is 274 g/mol. The molecule has 4 heteroatoms. The molecule has 0 spiro atoms. The summed E-state index contributed by atoms with van der Waals surface area (Å²) in [6, 6.07) is 13.7. The maximum atomic E-state index is 12.3. The first-order chi connectivity index (χ1) is 9.22. The molecule has 0 bridgehead atoms. The van der Waals surface area contributed by atoms with Gasteiger partial charge in [-0.15, -0.1) is 11.3 Å². The summed E-state index contributed by atoms with van der Waals surface area (Å²) in [4.78, 5) is 13.4. The predicted octanol–water partition coefficient (Wildman–Crippen LogP) is 2.67. The number of thiophene rings is 1. The van der Waals surface area contributed by atoms with Crippen molar-refractivity contribution < 1.29 is 4.79 Å². The van der Waals surface area contributed by atoms with Crippen LogP contribution in [0.5, 0.6) is 0 Å². The van der Waals surface area contributed by atoms with E-state index >= 15 is 0 Å². The van der Waals surface area contributed by atoms with Crippen molar-refractivity contribution in [2.75, 3.05) is 6.54 Å². The number of hydrogen-bond acceptors (Lipinski definition) is 3. The lowest BCUT2D eigenvalue weighted by atomic mass is 9.98. The third-order valence-corrected chi connectivity index (χ3v) is 4.14. The van der Waals surface area contributed by atoms with Crippen LogP contribution in [-0.4, -0.2) is 12.5 Å². The van der Waals surface area contributed by atoms with Crippen LogP contribution < -0.4 is 11.1 Å². The summed E-state index contributed by atoms with van der Waals surface area (Å²) in [6.45, 7) is 2.30. The minimum Gasteiger partial charge on any atom is -0.348 e. The largest absolute Gasteiger partial charge is 0.348 e. The lowest BCUT2D eigenvalue weighted by Gasteiger charge is -2.18. The van der Waals surface area contributed by atoms with Crippen molar-refractivity contribution in [3.05, 3.63) is 58.3 Å². The molecule has 0 aliphatic rings. The van der Waals surface area contributed by atoms with E-state index in [1.54, 1.807) is 11.3 Å². The molecule has 1 aromatic carbocycles. The van der Waals surface area contributed by atoms with Crippen molar-refractivity contribution in [1.82, 2.24) is 5.32 Å². The fraction of sp³-hybridized carbons (Fsp3) is 0.267. The quantitative estimate of drug-likeness (QED) is 0.880. The first-order valence-electron chi connectivity index (χ1n) is 6.31. The highest BCUT2D eigenvalue weighted by molar-refractivity contribution is 7.10. The van der Waals surface area contributed by atoms with Gasteiger partial charge in [-0.25, -0.2) is 0 Å². The van der Waals surface area contributed by atoms with Crippen LogP contribution in [0.25, 0.3) is 0 Å². The second kappa shape index (κ2) is 6.50. The minimum atomic E-state index is -0.288. The third kappa shape index (κ3) is 3.43. The summed E-state index contributed by atoms with van der Waals surface area (Å²) >= 11 is 1.64. The molecule has 19 heavy (non-hydrogen) atoms. The van der Waals surface area contributed by atoms with E-state index in [0.717, 1.165) is 10.4 Å². The van der Waals surface area contributed by atoms with E-state index in [-0.39, 0.29) is 17.9 Å². The topological polar surface area (TPSA) is 55.1 Å². The second-order valence-electron chi connectivity index (χ2n) is 4.44. The van der Waals surface area contributed by atoms with Crippen molar-refractivity contribution in [3.8, 4) is 0 Å². The van der Waals surface area contributed by atoms with Crippen LogP contribution in [0.2, 0.25) is 0 Å². The SMILES string of the molecule is C[C@@H](NC(=O)C(CN)c1ccccc1)c1cccs1. The molecule has 0 radical (unpaired) electrons. The third-order valence-electron chi connectivity index (χ3n) is 3.08. The first-order valence-corrected chi connectivity index (χ1v) is 7.19. The van der Waals surface area contributed by atoms with Crippen molar-refractivity contribution in [2.45, 2.75) is 18.9 Å². The number of carbonyl (C=O) groups excluding carboxylic acids is 1. The van der Waals surface area contributed by atoms with Gasteiger partial charge in [0.15, 0.2) is 0 Å². The molecule has 0 aliphatic heterocycles. The molecule has 1 aromatic heterocycles. The predicted molar refractivity (Wildman–Crippen MR) is 79.1 cm³/mol. The van der Waals surface area contributed by atoms with E-state index < -0.39 is 0 Å². The number of rotatable bonds is 5. The average molecular weight is 274 g/mol. The number of benzene rings is 1. The van der Waals surface area contributed by atoms with Gasteiger partial charge < -0.3 is 11.1 Å². The van der Waals surface area contributed by atoms with Gasteiger partial charge in [0, 0.05) is 11.4 Å². The molecule has 0 saturated carbocycles. The van der Waals surface area contributed by atoms with Crippen molar-refractivity contribution in [3.63, 3.8) is 0 Å². The minimum absolute atomic E-state index is 0.0188. The lowest BCUT2D eigenvalue weighted by Crippen LogP contribution is -2.34. The van der Waals surface area contributed by atoms with Crippen LogP contribution in [0.1, 0.15) is 29.3 Å². The summed E-state index contributed by atoms with van der Waals surface area (Å²) in [6.07, 6.45) is 0. The summed E-state index contributed by atoms with van der Waals surface area (Å²) in [5.74, 6) is -0.307. The van der Waals surface area contributed by atoms with E-state index in [4.69, 9.17) is 5.73 Å². The van der Waals surface area contributed by atoms with Crippen molar-refractivity contribution >= 4 is 17.2 Å². The van der Waals surface area contributed by atoms with Crippen LogP contribution >= 0.6 is 11.3 Å². The highest BCUT2D eigenvalue weighted by Gasteiger charge is 2.20. The molecule has 0 saturated heterocycles. The fourth-order valence-corrected chi connectivity index (χ4v) is 2.74. The first kappa shape index (κ1) is 13.8. The Morgan fingerprint density at radius 1 is 1.26 bits per heavy atom. The van der Waals surface area contributed by atoms with E-state index in [9.17, 15) is 4.79 Å². The summed E-state index contributed by atoms with van der Waals surface area (Å²) < 4.78 is 0.